The minimum atomic E-state index is -0.375. The van der Waals surface area contributed by atoms with Gasteiger partial charge in [-0.05, 0) is 18.4 Å². The van der Waals surface area contributed by atoms with Gasteiger partial charge in [0.1, 0.15) is 0 Å². The molecule has 6 nitrogen and oxygen atoms in total. The van der Waals surface area contributed by atoms with E-state index in [4.69, 9.17) is 5.73 Å². The molecule has 0 radical (unpaired) electrons. The van der Waals surface area contributed by atoms with Crippen molar-refractivity contribution in [1.82, 2.24) is 20.3 Å². The molecule has 1 aromatic heterocycles. The molecule has 22 heavy (non-hydrogen) atoms. The van der Waals surface area contributed by atoms with Crippen LogP contribution in [0, 0.1) is 0 Å². The van der Waals surface area contributed by atoms with Crippen LogP contribution in [0.25, 0.3) is 0 Å². The normalized spacial score (nSPS) is 11.4. The first-order chi connectivity index (χ1) is 10.6. The molecule has 0 aliphatic heterocycles. The monoisotopic (exact) mass is 301 g/mol. The Labute approximate surface area is 130 Å². The number of carbonyl (C=O) groups is 1. The summed E-state index contributed by atoms with van der Waals surface area (Å²) in [5.41, 5.74) is 6.86. The molecule has 0 atom stereocenters. The van der Waals surface area contributed by atoms with Crippen molar-refractivity contribution in [3.63, 3.8) is 0 Å². The first-order valence-corrected chi connectivity index (χ1v) is 7.59. The SMILES string of the molecule is CCC(CC)(CN)NC(=O)c1cn(Cc2ccccc2)nn1. The predicted molar refractivity (Wildman–Crippen MR) is 85.4 cm³/mol. The molecular formula is C16H23N5O. The molecule has 1 amide bonds. The molecule has 2 rings (SSSR count). The molecule has 6 heteroatoms. The highest BCUT2D eigenvalue weighted by atomic mass is 16.2. The van der Waals surface area contributed by atoms with Gasteiger partial charge < -0.3 is 11.1 Å². The molecule has 0 fully saturated rings. The lowest BCUT2D eigenvalue weighted by molar-refractivity contribution is 0.0890. The van der Waals surface area contributed by atoms with E-state index in [-0.39, 0.29) is 11.4 Å². The van der Waals surface area contributed by atoms with Crippen LogP contribution < -0.4 is 11.1 Å². The van der Waals surface area contributed by atoms with E-state index < -0.39 is 0 Å². The zero-order valence-electron chi connectivity index (χ0n) is 13.1. The molecule has 0 spiro atoms. The molecular weight excluding hydrogens is 278 g/mol. The lowest BCUT2D eigenvalue weighted by atomic mass is 9.93. The molecule has 0 bridgehead atoms. The Bertz CT molecular complexity index is 596. The molecule has 1 heterocycles. The highest BCUT2D eigenvalue weighted by molar-refractivity contribution is 5.92. The average Bonchev–Trinajstić information content (AvgIpc) is 3.02. The summed E-state index contributed by atoms with van der Waals surface area (Å²) in [6, 6.07) is 9.92. The summed E-state index contributed by atoms with van der Waals surface area (Å²) in [6.07, 6.45) is 3.22. The van der Waals surface area contributed by atoms with Gasteiger partial charge in [0.05, 0.1) is 18.3 Å². The number of amides is 1. The van der Waals surface area contributed by atoms with Crippen molar-refractivity contribution < 1.29 is 4.79 Å². The van der Waals surface area contributed by atoms with Crippen LogP contribution in [0.5, 0.6) is 0 Å². The van der Waals surface area contributed by atoms with E-state index in [0.717, 1.165) is 18.4 Å². The van der Waals surface area contributed by atoms with Gasteiger partial charge in [-0.2, -0.15) is 0 Å². The van der Waals surface area contributed by atoms with Crippen LogP contribution in [0.2, 0.25) is 0 Å². The second-order valence-electron chi connectivity index (χ2n) is 5.43. The van der Waals surface area contributed by atoms with Gasteiger partial charge in [0.2, 0.25) is 0 Å². The van der Waals surface area contributed by atoms with Crippen LogP contribution >= 0.6 is 0 Å². The maximum absolute atomic E-state index is 12.3. The van der Waals surface area contributed by atoms with Gasteiger partial charge in [0, 0.05) is 6.54 Å². The fourth-order valence-corrected chi connectivity index (χ4v) is 2.32. The second kappa shape index (κ2) is 7.17. The maximum Gasteiger partial charge on any atom is 0.273 e. The van der Waals surface area contributed by atoms with E-state index in [0.29, 0.717) is 18.8 Å². The number of aromatic nitrogens is 3. The Balaban J connectivity index is 2.06. The molecule has 0 aliphatic rings. The molecule has 0 aliphatic carbocycles. The minimum absolute atomic E-state index is 0.228. The number of carbonyl (C=O) groups excluding carboxylic acids is 1. The van der Waals surface area contributed by atoms with Gasteiger partial charge in [-0.3, -0.25) is 4.79 Å². The van der Waals surface area contributed by atoms with E-state index in [1.165, 1.54) is 0 Å². The van der Waals surface area contributed by atoms with E-state index >= 15 is 0 Å². The maximum atomic E-state index is 12.3. The molecule has 0 saturated heterocycles. The zero-order chi connectivity index (χ0) is 16.0. The van der Waals surface area contributed by atoms with Crippen LogP contribution in [-0.2, 0) is 6.54 Å². The predicted octanol–water partition coefficient (Wildman–Crippen LogP) is 1.57. The van der Waals surface area contributed by atoms with Crippen molar-refractivity contribution in [2.24, 2.45) is 5.73 Å². The van der Waals surface area contributed by atoms with E-state index in [1.54, 1.807) is 10.9 Å². The third-order valence-electron chi connectivity index (χ3n) is 4.08. The summed E-state index contributed by atoms with van der Waals surface area (Å²) in [7, 11) is 0. The molecule has 1 aromatic carbocycles. The van der Waals surface area contributed by atoms with Crippen LogP contribution in [0.15, 0.2) is 36.5 Å². The third-order valence-corrected chi connectivity index (χ3v) is 4.08. The largest absolute Gasteiger partial charge is 0.344 e. The van der Waals surface area contributed by atoms with Crippen molar-refractivity contribution in [3.05, 3.63) is 47.8 Å². The topological polar surface area (TPSA) is 85.8 Å². The summed E-state index contributed by atoms with van der Waals surface area (Å²) in [6.45, 7) is 5.03. The number of nitrogens with zero attached hydrogens (tertiary/aromatic N) is 3. The van der Waals surface area contributed by atoms with Gasteiger partial charge in [0.25, 0.3) is 5.91 Å². The Hall–Kier alpha value is -2.21. The Kier molecular flexibility index (Phi) is 5.27. The first kappa shape index (κ1) is 16.2. The summed E-state index contributed by atoms with van der Waals surface area (Å²) in [5.74, 6) is -0.228. The molecule has 3 N–H and O–H groups in total. The van der Waals surface area contributed by atoms with Crippen molar-refractivity contribution >= 4 is 5.91 Å². The number of benzene rings is 1. The van der Waals surface area contributed by atoms with Gasteiger partial charge >= 0.3 is 0 Å². The fraction of sp³-hybridized carbons (Fsp3) is 0.438. The standard InChI is InChI=1S/C16H23N5O/c1-3-16(4-2,12-17)18-15(22)14-11-21(20-19-14)10-13-8-6-5-7-9-13/h5-9,11H,3-4,10,12,17H2,1-2H3,(H,18,22). The van der Waals surface area contributed by atoms with Gasteiger partial charge in [0.15, 0.2) is 5.69 Å². The number of hydrogen-bond donors (Lipinski definition) is 2. The van der Waals surface area contributed by atoms with Crippen molar-refractivity contribution in [1.29, 1.82) is 0 Å². The fourth-order valence-electron chi connectivity index (χ4n) is 2.32. The van der Waals surface area contributed by atoms with Gasteiger partial charge in [-0.15, -0.1) is 5.10 Å². The van der Waals surface area contributed by atoms with Gasteiger partial charge in [-0.25, -0.2) is 4.68 Å². The van der Waals surface area contributed by atoms with Crippen molar-refractivity contribution in [3.8, 4) is 0 Å². The van der Waals surface area contributed by atoms with E-state index in [1.807, 2.05) is 44.2 Å². The minimum Gasteiger partial charge on any atom is -0.344 e. The second-order valence-corrected chi connectivity index (χ2v) is 5.43. The Morgan fingerprint density at radius 3 is 2.55 bits per heavy atom. The summed E-state index contributed by atoms with van der Waals surface area (Å²) < 4.78 is 1.66. The van der Waals surface area contributed by atoms with Crippen LogP contribution in [-0.4, -0.2) is 33.0 Å². The summed E-state index contributed by atoms with van der Waals surface area (Å²) in [5, 5.41) is 11.0. The van der Waals surface area contributed by atoms with E-state index in [9.17, 15) is 4.79 Å². The Morgan fingerprint density at radius 2 is 1.95 bits per heavy atom. The third kappa shape index (κ3) is 3.71. The summed E-state index contributed by atoms with van der Waals surface area (Å²) in [4.78, 5) is 12.3. The first-order valence-electron chi connectivity index (χ1n) is 7.59. The number of hydrogen-bond acceptors (Lipinski definition) is 4. The lowest BCUT2D eigenvalue weighted by Crippen LogP contribution is -2.53. The highest BCUT2D eigenvalue weighted by Crippen LogP contribution is 2.14. The molecule has 0 saturated carbocycles. The van der Waals surface area contributed by atoms with Crippen LogP contribution in [0.4, 0.5) is 0 Å². The number of rotatable bonds is 7. The van der Waals surface area contributed by atoms with E-state index in [2.05, 4.69) is 15.6 Å². The zero-order valence-corrected chi connectivity index (χ0v) is 13.1. The quantitative estimate of drug-likeness (QED) is 0.813. The Morgan fingerprint density at radius 1 is 1.27 bits per heavy atom. The number of nitrogens with one attached hydrogen (secondary N) is 1. The van der Waals surface area contributed by atoms with Crippen LogP contribution in [0.1, 0.15) is 42.7 Å². The van der Waals surface area contributed by atoms with Crippen molar-refractivity contribution in [2.45, 2.75) is 38.8 Å². The average molecular weight is 301 g/mol. The molecule has 2 aromatic rings. The van der Waals surface area contributed by atoms with Crippen LogP contribution in [0.3, 0.4) is 0 Å². The van der Waals surface area contributed by atoms with Crippen molar-refractivity contribution in [2.75, 3.05) is 6.54 Å². The molecule has 118 valence electrons. The summed E-state index contributed by atoms with van der Waals surface area (Å²) >= 11 is 0. The smallest absolute Gasteiger partial charge is 0.273 e. The highest BCUT2D eigenvalue weighted by Gasteiger charge is 2.27. The lowest BCUT2D eigenvalue weighted by Gasteiger charge is -2.30. The van der Waals surface area contributed by atoms with Gasteiger partial charge in [-0.1, -0.05) is 49.4 Å². The molecule has 0 unspecified atom stereocenters. The number of nitrogens with two attached hydrogens (primary N) is 1.